The first-order valence-electron chi connectivity index (χ1n) is 7.67. The first-order chi connectivity index (χ1) is 10.3. The number of rotatable bonds is 4. The van der Waals surface area contributed by atoms with Crippen molar-refractivity contribution in [3.8, 4) is 0 Å². The number of hydrogen-bond donors (Lipinski definition) is 0. The van der Waals surface area contributed by atoms with Gasteiger partial charge in [-0.2, -0.15) is 0 Å². The Morgan fingerprint density at radius 2 is 1.57 bits per heavy atom. The van der Waals surface area contributed by atoms with E-state index in [0.717, 1.165) is 31.5 Å². The molecular weight excluding hydrogens is 258 g/mol. The van der Waals surface area contributed by atoms with Crippen LogP contribution in [-0.4, -0.2) is 23.9 Å². The highest BCUT2D eigenvalue weighted by atomic mass is 16.2. The molecule has 2 heteroatoms. The van der Waals surface area contributed by atoms with Gasteiger partial charge in [-0.3, -0.25) is 4.79 Å². The van der Waals surface area contributed by atoms with E-state index in [9.17, 15) is 4.79 Å². The predicted octanol–water partition coefficient (Wildman–Crippen LogP) is 3.32. The molecule has 1 fully saturated rings. The van der Waals surface area contributed by atoms with Crippen molar-refractivity contribution in [1.29, 1.82) is 0 Å². The van der Waals surface area contributed by atoms with E-state index in [2.05, 4.69) is 24.3 Å². The third-order valence-corrected chi connectivity index (χ3v) is 4.20. The van der Waals surface area contributed by atoms with Crippen LogP contribution in [0.15, 0.2) is 60.7 Å². The first-order valence-corrected chi connectivity index (χ1v) is 7.67. The summed E-state index contributed by atoms with van der Waals surface area (Å²) in [5.41, 5.74) is 2.48. The summed E-state index contributed by atoms with van der Waals surface area (Å²) in [5, 5.41) is 0. The Bertz CT molecular complexity index is 579. The van der Waals surface area contributed by atoms with Crippen LogP contribution in [0.1, 0.15) is 17.5 Å². The third kappa shape index (κ3) is 3.72. The van der Waals surface area contributed by atoms with Crippen LogP contribution in [-0.2, 0) is 17.6 Å². The molecule has 2 aromatic rings. The van der Waals surface area contributed by atoms with E-state index in [0.29, 0.717) is 12.3 Å². The van der Waals surface area contributed by atoms with Crippen LogP contribution in [0.5, 0.6) is 0 Å². The number of nitrogens with zero attached hydrogens (tertiary/aromatic N) is 1. The Hall–Kier alpha value is -2.09. The smallest absolute Gasteiger partial charge is 0.226 e. The monoisotopic (exact) mass is 279 g/mol. The molecule has 0 spiro atoms. The molecule has 0 bridgehead atoms. The summed E-state index contributed by atoms with van der Waals surface area (Å²) >= 11 is 0. The molecule has 2 aromatic carbocycles. The number of hydrogen-bond acceptors (Lipinski definition) is 1. The Kier molecular flexibility index (Phi) is 4.34. The summed E-state index contributed by atoms with van der Waals surface area (Å²) in [5.74, 6) is 0.865. The summed E-state index contributed by atoms with van der Waals surface area (Å²) in [6, 6.07) is 20.6. The second-order valence-corrected chi connectivity index (χ2v) is 5.85. The van der Waals surface area contributed by atoms with E-state index >= 15 is 0 Å². The zero-order valence-corrected chi connectivity index (χ0v) is 12.2. The molecule has 0 radical (unpaired) electrons. The second-order valence-electron chi connectivity index (χ2n) is 5.85. The highest BCUT2D eigenvalue weighted by Crippen LogP contribution is 2.21. The topological polar surface area (TPSA) is 20.3 Å². The molecule has 0 aliphatic carbocycles. The van der Waals surface area contributed by atoms with Gasteiger partial charge in [-0.25, -0.2) is 0 Å². The predicted molar refractivity (Wildman–Crippen MR) is 85.0 cm³/mol. The lowest BCUT2D eigenvalue weighted by Gasteiger charge is -2.16. The fraction of sp³-hybridized carbons (Fsp3) is 0.316. The molecule has 3 rings (SSSR count). The van der Waals surface area contributed by atoms with Crippen LogP contribution in [0, 0.1) is 5.92 Å². The molecule has 1 unspecified atom stereocenters. The summed E-state index contributed by atoms with van der Waals surface area (Å²) in [7, 11) is 0. The molecule has 1 heterocycles. The average molecular weight is 279 g/mol. The molecule has 108 valence electrons. The zero-order valence-electron chi connectivity index (χ0n) is 12.2. The van der Waals surface area contributed by atoms with Gasteiger partial charge in [0.2, 0.25) is 5.91 Å². The molecule has 1 atom stereocenters. The Morgan fingerprint density at radius 3 is 2.24 bits per heavy atom. The van der Waals surface area contributed by atoms with E-state index in [1.165, 1.54) is 5.56 Å². The SMILES string of the molecule is O=C(Cc1ccccc1)N1CCC(Cc2ccccc2)C1. The zero-order chi connectivity index (χ0) is 14.5. The van der Waals surface area contributed by atoms with Gasteiger partial charge in [-0.15, -0.1) is 0 Å². The maximum absolute atomic E-state index is 12.3. The number of amides is 1. The first kappa shape index (κ1) is 13.9. The van der Waals surface area contributed by atoms with Gasteiger partial charge < -0.3 is 4.90 Å². The van der Waals surface area contributed by atoms with E-state index in [-0.39, 0.29) is 5.91 Å². The van der Waals surface area contributed by atoms with Crippen LogP contribution >= 0.6 is 0 Å². The lowest BCUT2D eigenvalue weighted by atomic mass is 9.99. The van der Waals surface area contributed by atoms with Gasteiger partial charge >= 0.3 is 0 Å². The summed E-state index contributed by atoms with van der Waals surface area (Å²) in [6.45, 7) is 1.81. The molecule has 1 aliphatic heterocycles. The van der Waals surface area contributed by atoms with Crippen LogP contribution in [0.2, 0.25) is 0 Å². The largest absolute Gasteiger partial charge is 0.342 e. The minimum atomic E-state index is 0.261. The molecular formula is C19H21NO. The summed E-state index contributed by atoms with van der Waals surface area (Å²) < 4.78 is 0. The molecule has 2 nitrogen and oxygen atoms in total. The lowest BCUT2D eigenvalue weighted by Crippen LogP contribution is -2.30. The number of benzene rings is 2. The Labute approximate surface area is 126 Å². The molecule has 21 heavy (non-hydrogen) atoms. The van der Waals surface area contributed by atoms with Crippen LogP contribution < -0.4 is 0 Å². The maximum Gasteiger partial charge on any atom is 0.226 e. The molecule has 0 N–H and O–H groups in total. The minimum absolute atomic E-state index is 0.261. The Morgan fingerprint density at radius 1 is 0.952 bits per heavy atom. The van der Waals surface area contributed by atoms with Gasteiger partial charge in [0.15, 0.2) is 0 Å². The number of carbonyl (C=O) groups excluding carboxylic acids is 1. The van der Waals surface area contributed by atoms with Crippen molar-refractivity contribution in [3.05, 3.63) is 71.8 Å². The van der Waals surface area contributed by atoms with Crippen molar-refractivity contribution < 1.29 is 4.79 Å². The van der Waals surface area contributed by atoms with Gasteiger partial charge in [0.25, 0.3) is 0 Å². The van der Waals surface area contributed by atoms with Gasteiger partial charge in [0.1, 0.15) is 0 Å². The van der Waals surface area contributed by atoms with E-state index < -0.39 is 0 Å². The fourth-order valence-corrected chi connectivity index (χ4v) is 3.06. The lowest BCUT2D eigenvalue weighted by molar-refractivity contribution is -0.129. The summed E-state index contributed by atoms with van der Waals surface area (Å²) in [6.07, 6.45) is 2.73. The highest BCUT2D eigenvalue weighted by Gasteiger charge is 2.26. The molecule has 1 amide bonds. The van der Waals surface area contributed by atoms with Gasteiger partial charge in [-0.05, 0) is 29.9 Å². The van der Waals surface area contributed by atoms with Crippen molar-refractivity contribution in [2.45, 2.75) is 19.3 Å². The number of likely N-dealkylation sites (tertiary alicyclic amines) is 1. The molecule has 0 saturated carbocycles. The van der Waals surface area contributed by atoms with E-state index in [1.54, 1.807) is 0 Å². The van der Waals surface area contributed by atoms with Crippen LogP contribution in [0.3, 0.4) is 0 Å². The Balaban J connectivity index is 1.53. The number of carbonyl (C=O) groups is 1. The van der Waals surface area contributed by atoms with E-state index in [4.69, 9.17) is 0 Å². The molecule has 1 aliphatic rings. The standard InChI is InChI=1S/C19H21NO/c21-19(14-17-9-5-2-6-10-17)20-12-11-18(15-20)13-16-7-3-1-4-8-16/h1-10,18H,11-15H2. The third-order valence-electron chi connectivity index (χ3n) is 4.20. The van der Waals surface area contributed by atoms with E-state index in [1.807, 2.05) is 41.3 Å². The van der Waals surface area contributed by atoms with Crippen molar-refractivity contribution in [2.24, 2.45) is 5.92 Å². The van der Waals surface area contributed by atoms with Gasteiger partial charge in [0.05, 0.1) is 6.42 Å². The molecule has 1 saturated heterocycles. The quantitative estimate of drug-likeness (QED) is 0.840. The van der Waals surface area contributed by atoms with Gasteiger partial charge in [-0.1, -0.05) is 60.7 Å². The second kappa shape index (κ2) is 6.57. The van der Waals surface area contributed by atoms with Crippen molar-refractivity contribution in [1.82, 2.24) is 4.90 Å². The van der Waals surface area contributed by atoms with Crippen molar-refractivity contribution >= 4 is 5.91 Å². The van der Waals surface area contributed by atoms with Crippen LogP contribution in [0.25, 0.3) is 0 Å². The van der Waals surface area contributed by atoms with Crippen molar-refractivity contribution in [2.75, 3.05) is 13.1 Å². The van der Waals surface area contributed by atoms with Crippen molar-refractivity contribution in [3.63, 3.8) is 0 Å². The minimum Gasteiger partial charge on any atom is -0.342 e. The normalized spacial score (nSPS) is 17.9. The van der Waals surface area contributed by atoms with Gasteiger partial charge in [0, 0.05) is 13.1 Å². The highest BCUT2D eigenvalue weighted by molar-refractivity contribution is 5.79. The molecule has 0 aromatic heterocycles. The fourth-order valence-electron chi connectivity index (χ4n) is 3.06. The maximum atomic E-state index is 12.3. The average Bonchev–Trinajstić information content (AvgIpc) is 2.98. The summed E-state index contributed by atoms with van der Waals surface area (Å²) in [4.78, 5) is 14.4. The van der Waals surface area contributed by atoms with Crippen LogP contribution in [0.4, 0.5) is 0 Å².